The van der Waals surface area contributed by atoms with Crippen LogP contribution in [0.4, 0.5) is 10.3 Å². The summed E-state index contributed by atoms with van der Waals surface area (Å²) in [7, 11) is 0. The second-order valence-corrected chi connectivity index (χ2v) is 5.60. The van der Waals surface area contributed by atoms with Crippen LogP contribution in [0, 0.1) is 25.6 Å². The topological polar surface area (TPSA) is 51.8 Å². The molecule has 0 saturated heterocycles. The Morgan fingerprint density at radius 3 is 2.65 bits per heavy atom. The maximum Gasteiger partial charge on any atom is 0.220 e. The van der Waals surface area contributed by atoms with Gasteiger partial charge in [-0.25, -0.2) is 14.4 Å². The molecule has 0 atom stereocenters. The summed E-state index contributed by atoms with van der Waals surface area (Å²) in [5, 5.41) is 0. The Balaban J connectivity index is 2.04. The van der Waals surface area contributed by atoms with Crippen molar-refractivity contribution in [3.05, 3.63) is 40.8 Å². The molecule has 1 heterocycles. The minimum atomic E-state index is -0.188. The maximum atomic E-state index is 13.6. The van der Waals surface area contributed by atoms with E-state index in [1.165, 1.54) is 18.9 Å². The van der Waals surface area contributed by atoms with E-state index >= 15 is 0 Å². The SMILES string of the molecule is Cc1c(F)ccc(-c2cc(CC3CC3)nc(N)n2)c1C. The third-order valence-electron chi connectivity index (χ3n) is 3.99. The second-order valence-electron chi connectivity index (χ2n) is 5.60. The van der Waals surface area contributed by atoms with E-state index in [4.69, 9.17) is 5.73 Å². The van der Waals surface area contributed by atoms with E-state index in [1.54, 1.807) is 13.0 Å². The van der Waals surface area contributed by atoms with E-state index < -0.39 is 0 Å². The van der Waals surface area contributed by atoms with Crippen LogP contribution in [-0.4, -0.2) is 9.97 Å². The molecule has 1 aromatic heterocycles. The van der Waals surface area contributed by atoms with Gasteiger partial charge in [-0.15, -0.1) is 0 Å². The highest BCUT2D eigenvalue weighted by Gasteiger charge is 2.23. The Labute approximate surface area is 118 Å². The molecule has 1 fully saturated rings. The van der Waals surface area contributed by atoms with Crippen molar-refractivity contribution < 1.29 is 4.39 Å². The molecule has 1 aliphatic rings. The first kappa shape index (κ1) is 13.0. The van der Waals surface area contributed by atoms with Crippen molar-refractivity contribution in [3.8, 4) is 11.3 Å². The Morgan fingerprint density at radius 1 is 1.20 bits per heavy atom. The van der Waals surface area contributed by atoms with Gasteiger partial charge in [0.25, 0.3) is 0 Å². The summed E-state index contributed by atoms with van der Waals surface area (Å²) in [6.45, 7) is 3.69. The number of hydrogen-bond acceptors (Lipinski definition) is 3. The number of nitrogens with two attached hydrogens (primary N) is 1. The Bertz CT molecular complexity index is 663. The number of halogens is 1. The minimum absolute atomic E-state index is 0.188. The number of nitrogen functional groups attached to an aromatic ring is 1. The van der Waals surface area contributed by atoms with Gasteiger partial charge in [0.1, 0.15) is 5.82 Å². The summed E-state index contributed by atoms with van der Waals surface area (Å²) in [6.07, 6.45) is 3.50. The number of nitrogens with zero attached hydrogens (tertiary/aromatic N) is 2. The molecule has 0 amide bonds. The number of rotatable bonds is 3. The first-order chi connectivity index (χ1) is 9.54. The number of benzene rings is 1. The molecular weight excluding hydrogens is 253 g/mol. The van der Waals surface area contributed by atoms with Crippen LogP contribution in [0.15, 0.2) is 18.2 Å². The molecule has 1 saturated carbocycles. The van der Waals surface area contributed by atoms with Crippen molar-refractivity contribution in [2.45, 2.75) is 33.1 Å². The van der Waals surface area contributed by atoms with Crippen molar-refractivity contribution in [2.24, 2.45) is 5.92 Å². The average Bonchev–Trinajstić information content (AvgIpc) is 3.19. The standard InChI is InChI=1S/C16H18FN3/c1-9-10(2)14(17)6-5-13(9)15-8-12(7-11-3-4-11)19-16(18)20-15/h5-6,8,11H,3-4,7H2,1-2H3,(H2,18,19,20). The van der Waals surface area contributed by atoms with Gasteiger partial charge in [-0.05, 0) is 68.4 Å². The third kappa shape index (κ3) is 2.50. The molecule has 3 nitrogen and oxygen atoms in total. The van der Waals surface area contributed by atoms with Crippen molar-refractivity contribution in [3.63, 3.8) is 0 Å². The maximum absolute atomic E-state index is 13.6. The summed E-state index contributed by atoms with van der Waals surface area (Å²) >= 11 is 0. The van der Waals surface area contributed by atoms with Gasteiger partial charge < -0.3 is 5.73 Å². The molecular formula is C16H18FN3. The molecule has 3 rings (SSSR count). The molecule has 4 heteroatoms. The lowest BCUT2D eigenvalue weighted by Gasteiger charge is -2.11. The number of aromatic nitrogens is 2. The zero-order valence-corrected chi connectivity index (χ0v) is 11.8. The molecule has 0 aliphatic heterocycles. The van der Waals surface area contributed by atoms with Gasteiger partial charge in [0.05, 0.1) is 5.69 Å². The van der Waals surface area contributed by atoms with Gasteiger partial charge in [0, 0.05) is 11.3 Å². The largest absolute Gasteiger partial charge is 0.368 e. The molecule has 104 valence electrons. The van der Waals surface area contributed by atoms with Crippen LogP contribution in [0.2, 0.25) is 0 Å². The van der Waals surface area contributed by atoms with Gasteiger partial charge in [-0.3, -0.25) is 0 Å². The molecule has 20 heavy (non-hydrogen) atoms. The van der Waals surface area contributed by atoms with Crippen molar-refractivity contribution in [1.82, 2.24) is 9.97 Å². The summed E-state index contributed by atoms with van der Waals surface area (Å²) < 4.78 is 13.6. The predicted molar refractivity (Wildman–Crippen MR) is 77.7 cm³/mol. The highest BCUT2D eigenvalue weighted by Crippen LogP contribution is 2.33. The van der Waals surface area contributed by atoms with E-state index in [1.807, 2.05) is 13.0 Å². The molecule has 0 unspecified atom stereocenters. The molecule has 0 radical (unpaired) electrons. The third-order valence-corrected chi connectivity index (χ3v) is 3.99. The van der Waals surface area contributed by atoms with Crippen molar-refractivity contribution in [2.75, 3.05) is 5.73 Å². The minimum Gasteiger partial charge on any atom is -0.368 e. The second kappa shape index (κ2) is 4.85. The van der Waals surface area contributed by atoms with E-state index in [2.05, 4.69) is 9.97 Å². The summed E-state index contributed by atoms with van der Waals surface area (Å²) in [6, 6.07) is 5.23. The van der Waals surface area contributed by atoms with Gasteiger partial charge in [0.2, 0.25) is 5.95 Å². The summed E-state index contributed by atoms with van der Waals surface area (Å²) in [5.41, 5.74) is 10.1. The normalized spacial score (nSPS) is 14.6. The highest BCUT2D eigenvalue weighted by molar-refractivity contribution is 5.66. The fraction of sp³-hybridized carbons (Fsp3) is 0.375. The lowest BCUT2D eigenvalue weighted by Crippen LogP contribution is -2.03. The lowest BCUT2D eigenvalue weighted by molar-refractivity contribution is 0.617. The fourth-order valence-electron chi connectivity index (χ4n) is 2.44. The zero-order chi connectivity index (χ0) is 14.3. The van der Waals surface area contributed by atoms with Crippen LogP contribution in [-0.2, 0) is 6.42 Å². The predicted octanol–water partition coefficient (Wildman–Crippen LogP) is 3.43. The summed E-state index contributed by atoms with van der Waals surface area (Å²) in [5.74, 6) is 0.846. The number of anilines is 1. The monoisotopic (exact) mass is 271 g/mol. The summed E-state index contributed by atoms with van der Waals surface area (Å²) in [4.78, 5) is 8.61. The molecule has 2 aromatic rings. The highest BCUT2D eigenvalue weighted by atomic mass is 19.1. The first-order valence-corrected chi connectivity index (χ1v) is 6.94. The Kier molecular flexibility index (Phi) is 3.16. The molecule has 2 N–H and O–H groups in total. The van der Waals surface area contributed by atoms with Crippen molar-refractivity contribution >= 4 is 5.95 Å². The molecule has 0 spiro atoms. The van der Waals surface area contributed by atoms with Crippen molar-refractivity contribution in [1.29, 1.82) is 0 Å². The zero-order valence-electron chi connectivity index (χ0n) is 11.8. The van der Waals surface area contributed by atoms with Crippen LogP contribution in [0.1, 0.15) is 29.7 Å². The van der Waals surface area contributed by atoms with E-state index in [0.717, 1.165) is 34.9 Å². The quantitative estimate of drug-likeness (QED) is 0.930. The van der Waals surface area contributed by atoms with Crippen LogP contribution in [0.3, 0.4) is 0 Å². The van der Waals surface area contributed by atoms with E-state index in [-0.39, 0.29) is 5.82 Å². The van der Waals surface area contributed by atoms with Crippen LogP contribution in [0.25, 0.3) is 11.3 Å². The molecule has 0 bridgehead atoms. The van der Waals surface area contributed by atoms with Gasteiger partial charge in [-0.2, -0.15) is 0 Å². The number of hydrogen-bond donors (Lipinski definition) is 1. The van der Waals surface area contributed by atoms with Crippen LogP contribution < -0.4 is 5.73 Å². The van der Waals surface area contributed by atoms with E-state index in [0.29, 0.717) is 11.5 Å². The Morgan fingerprint density at radius 2 is 1.95 bits per heavy atom. The molecule has 1 aliphatic carbocycles. The van der Waals surface area contributed by atoms with Gasteiger partial charge in [-0.1, -0.05) is 0 Å². The first-order valence-electron chi connectivity index (χ1n) is 6.94. The Hall–Kier alpha value is -1.97. The van der Waals surface area contributed by atoms with Crippen LogP contribution >= 0.6 is 0 Å². The van der Waals surface area contributed by atoms with Crippen LogP contribution in [0.5, 0.6) is 0 Å². The lowest BCUT2D eigenvalue weighted by atomic mass is 9.99. The van der Waals surface area contributed by atoms with Gasteiger partial charge >= 0.3 is 0 Å². The average molecular weight is 271 g/mol. The smallest absolute Gasteiger partial charge is 0.220 e. The molecule has 1 aromatic carbocycles. The van der Waals surface area contributed by atoms with Gasteiger partial charge in [0.15, 0.2) is 0 Å². The van der Waals surface area contributed by atoms with E-state index in [9.17, 15) is 4.39 Å². The fourth-order valence-corrected chi connectivity index (χ4v) is 2.44.